The summed E-state index contributed by atoms with van der Waals surface area (Å²) in [7, 11) is 0. The highest BCUT2D eigenvalue weighted by molar-refractivity contribution is 6.31. The van der Waals surface area contributed by atoms with Crippen LogP contribution in [0, 0.1) is 0 Å². The molecule has 0 amide bonds. The Balaban J connectivity index is 2.10. The number of rotatable bonds is 3. The van der Waals surface area contributed by atoms with Gasteiger partial charge >= 0.3 is 6.18 Å². The number of halogens is 4. The normalized spacial score (nSPS) is 11.4. The van der Waals surface area contributed by atoms with Crippen LogP contribution in [0.5, 0.6) is 0 Å². The summed E-state index contributed by atoms with van der Waals surface area (Å²) < 4.78 is 37.6. The van der Waals surface area contributed by atoms with Crippen LogP contribution in [0.4, 0.5) is 18.9 Å². The molecule has 0 radical (unpaired) electrons. The second kappa shape index (κ2) is 5.53. The number of hydrogen-bond donors (Lipinski definition) is 1. The minimum atomic E-state index is -4.33. The van der Waals surface area contributed by atoms with Crippen LogP contribution in [-0.2, 0) is 12.7 Å². The van der Waals surface area contributed by atoms with E-state index in [0.29, 0.717) is 17.3 Å². The fraction of sp³-hybridized carbons (Fsp3) is 0.143. The standard InChI is InChI=1S/C14H11ClF3N/c15-13-7-2-1-4-10(13)9-19-12-6-3-5-11(8-12)14(16,17)18/h1-8,19H,9H2. The monoisotopic (exact) mass is 285 g/mol. The fourth-order valence-electron chi connectivity index (χ4n) is 1.64. The summed E-state index contributed by atoms with van der Waals surface area (Å²) in [5.41, 5.74) is 0.577. The molecule has 0 fully saturated rings. The molecule has 0 aliphatic rings. The molecule has 0 saturated carbocycles. The van der Waals surface area contributed by atoms with Crippen LogP contribution < -0.4 is 5.32 Å². The maximum absolute atomic E-state index is 12.5. The molecule has 100 valence electrons. The third kappa shape index (κ3) is 3.64. The van der Waals surface area contributed by atoms with E-state index < -0.39 is 11.7 Å². The lowest BCUT2D eigenvalue weighted by atomic mass is 10.2. The molecule has 2 aromatic carbocycles. The van der Waals surface area contributed by atoms with Gasteiger partial charge < -0.3 is 5.32 Å². The average molecular weight is 286 g/mol. The molecule has 1 N–H and O–H groups in total. The Kier molecular flexibility index (Phi) is 4.00. The summed E-state index contributed by atoms with van der Waals surface area (Å²) in [4.78, 5) is 0. The van der Waals surface area contributed by atoms with Crippen LogP contribution in [0.15, 0.2) is 48.5 Å². The molecule has 0 atom stereocenters. The highest BCUT2D eigenvalue weighted by Gasteiger charge is 2.30. The number of benzene rings is 2. The van der Waals surface area contributed by atoms with E-state index in [9.17, 15) is 13.2 Å². The highest BCUT2D eigenvalue weighted by atomic mass is 35.5. The molecule has 0 aliphatic carbocycles. The average Bonchev–Trinajstić information content (AvgIpc) is 2.37. The maximum Gasteiger partial charge on any atom is 0.416 e. The first-order valence-corrected chi connectivity index (χ1v) is 5.99. The first-order chi connectivity index (χ1) is 8.97. The maximum atomic E-state index is 12.5. The van der Waals surface area contributed by atoms with Gasteiger partial charge in [0.1, 0.15) is 0 Å². The van der Waals surface area contributed by atoms with Gasteiger partial charge in [0.05, 0.1) is 5.56 Å². The lowest BCUT2D eigenvalue weighted by Gasteiger charge is -2.11. The van der Waals surface area contributed by atoms with Gasteiger partial charge in [-0.25, -0.2) is 0 Å². The molecule has 1 nitrogen and oxygen atoms in total. The molecule has 0 aromatic heterocycles. The van der Waals surface area contributed by atoms with Crippen LogP contribution in [0.25, 0.3) is 0 Å². The van der Waals surface area contributed by atoms with Crippen LogP contribution in [0.1, 0.15) is 11.1 Å². The molecule has 0 saturated heterocycles. The Bertz CT molecular complexity index is 567. The van der Waals surface area contributed by atoms with Crippen molar-refractivity contribution in [2.24, 2.45) is 0 Å². The number of anilines is 1. The molecule has 2 rings (SSSR count). The lowest BCUT2D eigenvalue weighted by Crippen LogP contribution is -2.06. The van der Waals surface area contributed by atoms with Crippen molar-refractivity contribution in [3.05, 3.63) is 64.7 Å². The molecule has 0 spiro atoms. The predicted octanol–water partition coefficient (Wildman–Crippen LogP) is 4.97. The number of nitrogens with one attached hydrogen (secondary N) is 1. The Labute approximate surface area is 114 Å². The summed E-state index contributed by atoms with van der Waals surface area (Å²) in [6.45, 7) is 0.376. The van der Waals surface area contributed by atoms with E-state index in [1.807, 2.05) is 12.1 Å². The van der Waals surface area contributed by atoms with Crippen molar-refractivity contribution in [3.8, 4) is 0 Å². The number of alkyl halides is 3. The van der Waals surface area contributed by atoms with Gasteiger partial charge in [0.2, 0.25) is 0 Å². The van der Waals surface area contributed by atoms with Gasteiger partial charge in [-0.15, -0.1) is 0 Å². The summed E-state index contributed by atoms with van der Waals surface area (Å²) in [5.74, 6) is 0. The van der Waals surface area contributed by atoms with Crippen LogP contribution in [-0.4, -0.2) is 0 Å². The van der Waals surface area contributed by atoms with Crippen molar-refractivity contribution in [1.82, 2.24) is 0 Å². The molecule has 0 heterocycles. The molecule has 5 heteroatoms. The van der Waals surface area contributed by atoms with E-state index in [1.165, 1.54) is 6.07 Å². The van der Waals surface area contributed by atoms with Crippen molar-refractivity contribution in [3.63, 3.8) is 0 Å². The van der Waals surface area contributed by atoms with Crippen molar-refractivity contribution in [2.75, 3.05) is 5.32 Å². The van der Waals surface area contributed by atoms with E-state index in [-0.39, 0.29) is 0 Å². The predicted molar refractivity (Wildman–Crippen MR) is 70.2 cm³/mol. The first kappa shape index (κ1) is 13.7. The Morgan fingerprint density at radius 3 is 2.42 bits per heavy atom. The largest absolute Gasteiger partial charge is 0.416 e. The van der Waals surface area contributed by atoms with Gasteiger partial charge in [0, 0.05) is 17.3 Å². The first-order valence-electron chi connectivity index (χ1n) is 5.61. The molecule has 2 aromatic rings. The van der Waals surface area contributed by atoms with Gasteiger partial charge in [-0.1, -0.05) is 35.9 Å². The third-order valence-corrected chi connectivity index (χ3v) is 3.00. The van der Waals surface area contributed by atoms with E-state index in [4.69, 9.17) is 11.6 Å². The van der Waals surface area contributed by atoms with Crippen LogP contribution in [0.3, 0.4) is 0 Å². The SMILES string of the molecule is FC(F)(F)c1cccc(NCc2ccccc2Cl)c1. The zero-order chi connectivity index (χ0) is 13.9. The molecule has 0 aliphatic heterocycles. The second-order valence-corrected chi connectivity index (χ2v) is 4.43. The lowest BCUT2D eigenvalue weighted by molar-refractivity contribution is -0.137. The number of hydrogen-bond acceptors (Lipinski definition) is 1. The highest BCUT2D eigenvalue weighted by Crippen LogP contribution is 2.30. The quantitative estimate of drug-likeness (QED) is 0.839. The Hall–Kier alpha value is -1.68. The van der Waals surface area contributed by atoms with Gasteiger partial charge in [-0.2, -0.15) is 13.2 Å². The minimum Gasteiger partial charge on any atom is -0.381 e. The van der Waals surface area contributed by atoms with E-state index in [2.05, 4.69) is 5.32 Å². The van der Waals surface area contributed by atoms with Crippen molar-refractivity contribution >= 4 is 17.3 Å². The summed E-state index contributed by atoms with van der Waals surface area (Å²) >= 11 is 5.97. The van der Waals surface area contributed by atoms with Gasteiger partial charge in [-0.05, 0) is 29.8 Å². The summed E-state index contributed by atoms with van der Waals surface area (Å²) in [6, 6.07) is 12.3. The fourth-order valence-corrected chi connectivity index (χ4v) is 1.85. The van der Waals surface area contributed by atoms with Crippen LogP contribution >= 0.6 is 11.6 Å². The van der Waals surface area contributed by atoms with E-state index >= 15 is 0 Å². The van der Waals surface area contributed by atoms with Gasteiger partial charge in [-0.3, -0.25) is 0 Å². The van der Waals surface area contributed by atoms with Gasteiger partial charge in [0.15, 0.2) is 0 Å². The smallest absolute Gasteiger partial charge is 0.381 e. The molecular formula is C14H11ClF3N. The zero-order valence-corrected chi connectivity index (χ0v) is 10.6. The topological polar surface area (TPSA) is 12.0 Å². The molecule has 19 heavy (non-hydrogen) atoms. The van der Waals surface area contributed by atoms with Crippen molar-refractivity contribution < 1.29 is 13.2 Å². The molecule has 0 bridgehead atoms. The zero-order valence-electron chi connectivity index (χ0n) is 9.84. The van der Waals surface area contributed by atoms with Crippen LogP contribution in [0.2, 0.25) is 5.02 Å². The van der Waals surface area contributed by atoms with Crippen molar-refractivity contribution in [1.29, 1.82) is 0 Å². The van der Waals surface area contributed by atoms with E-state index in [0.717, 1.165) is 17.7 Å². The Morgan fingerprint density at radius 1 is 1.00 bits per heavy atom. The third-order valence-electron chi connectivity index (χ3n) is 2.63. The molecule has 0 unspecified atom stereocenters. The second-order valence-electron chi connectivity index (χ2n) is 4.02. The van der Waals surface area contributed by atoms with Gasteiger partial charge in [0.25, 0.3) is 0 Å². The van der Waals surface area contributed by atoms with E-state index in [1.54, 1.807) is 18.2 Å². The van der Waals surface area contributed by atoms with Crippen molar-refractivity contribution in [2.45, 2.75) is 12.7 Å². The minimum absolute atomic E-state index is 0.376. The molecular weight excluding hydrogens is 275 g/mol. The summed E-state index contributed by atoms with van der Waals surface area (Å²) in [5, 5.41) is 3.51. The summed E-state index contributed by atoms with van der Waals surface area (Å²) in [6.07, 6.45) is -4.33. The Morgan fingerprint density at radius 2 is 1.74 bits per heavy atom.